The number of hydrogen-bond donors (Lipinski definition) is 2. The van der Waals surface area contributed by atoms with Crippen molar-refractivity contribution in [2.45, 2.75) is 18.9 Å². The van der Waals surface area contributed by atoms with E-state index >= 15 is 0 Å². The SMILES string of the molecule is COc1ccc(N2C(=O)CC(NCCc3c[nH]c4ccc(Cl)cc34)C2=O)cc1. The summed E-state index contributed by atoms with van der Waals surface area (Å²) in [7, 11) is 1.57. The maximum Gasteiger partial charge on any atom is 0.251 e. The Bertz CT molecular complexity index is 1030. The summed E-state index contributed by atoms with van der Waals surface area (Å²) in [6.07, 6.45) is 2.83. The number of nitrogens with zero attached hydrogens (tertiary/aromatic N) is 1. The first-order valence-electron chi connectivity index (χ1n) is 9.06. The number of imide groups is 1. The Hall–Kier alpha value is -2.83. The number of aromatic amines is 1. The second kappa shape index (κ2) is 7.66. The maximum absolute atomic E-state index is 12.7. The zero-order valence-electron chi connectivity index (χ0n) is 15.4. The summed E-state index contributed by atoms with van der Waals surface area (Å²) in [6, 6.07) is 12.1. The lowest BCUT2D eigenvalue weighted by Gasteiger charge is -2.16. The van der Waals surface area contributed by atoms with Crippen molar-refractivity contribution in [2.75, 3.05) is 18.6 Å². The monoisotopic (exact) mass is 397 g/mol. The number of carbonyl (C=O) groups excluding carboxylic acids is 2. The van der Waals surface area contributed by atoms with Gasteiger partial charge in [-0.3, -0.25) is 9.59 Å². The smallest absolute Gasteiger partial charge is 0.251 e. The molecule has 0 spiro atoms. The highest BCUT2D eigenvalue weighted by Crippen LogP contribution is 2.26. The largest absolute Gasteiger partial charge is 0.497 e. The Morgan fingerprint density at radius 2 is 2.00 bits per heavy atom. The van der Waals surface area contributed by atoms with Crippen molar-refractivity contribution in [3.63, 3.8) is 0 Å². The molecule has 3 aromatic rings. The number of fused-ring (bicyclic) bond motifs is 1. The molecule has 1 atom stereocenters. The van der Waals surface area contributed by atoms with Crippen molar-refractivity contribution in [1.82, 2.24) is 10.3 Å². The van der Waals surface area contributed by atoms with Crippen LogP contribution in [-0.2, 0) is 16.0 Å². The Kier molecular flexibility index (Phi) is 5.07. The van der Waals surface area contributed by atoms with Gasteiger partial charge in [0.15, 0.2) is 0 Å². The summed E-state index contributed by atoms with van der Waals surface area (Å²) in [5.41, 5.74) is 2.71. The molecule has 1 unspecified atom stereocenters. The van der Waals surface area contributed by atoms with Gasteiger partial charge in [0.05, 0.1) is 25.3 Å². The third kappa shape index (κ3) is 3.48. The molecule has 2 N–H and O–H groups in total. The van der Waals surface area contributed by atoms with Crippen LogP contribution in [0.15, 0.2) is 48.7 Å². The number of nitrogens with one attached hydrogen (secondary N) is 2. The number of carbonyl (C=O) groups is 2. The van der Waals surface area contributed by atoms with Gasteiger partial charge in [0, 0.05) is 28.7 Å². The predicted molar refractivity (Wildman–Crippen MR) is 109 cm³/mol. The van der Waals surface area contributed by atoms with Crippen molar-refractivity contribution in [3.8, 4) is 5.75 Å². The quantitative estimate of drug-likeness (QED) is 0.626. The lowest BCUT2D eigenvalue weighted by Crippen LogP contribution is -2.39. The average molecular weight is 398 g/mol. The summed E-state index contributed by atoms with van der Waals surface area (Å²) in [5.74, 6) is 0.250. The normalized spacial score (nSPS) is 16.9. The summed E-state index contributed by atoms with van der Waals surface area (Å²) in [5, 5.41) is 4.98. The van der Waals surface area contributed by atoms with E-state index in [2.05, 4.69) is 10.3 Å². The van der Waals surface area contributed by atoms with E-state index in [0.717, 1.165) is 22.9 Å². The number of amides is 2. The molecule has 2 aromatic carbocycles. The van der Waals surface area contributed by atoms with Crippen LogP contribution in [0.5, 0.6) is 5.75 Å². The molecule has 2 heterocycles. The lowest BCUT2D eigenvalue weighted by molar-refractivity contribution is -0.121. The molecule has 1 saturated heterocycles. The summed E-state index contributed by atoms with van der Waals surface area (Å²) >= 11 is 6.09. The number of hydrogen-bond acceptors (Lipinski definition) is 4. The van der Waals surface area contributed by atoms with Crippen LogP contribution >= 0.6 is 11.6 Å². The summed E-state index contributed by atoms with van der Waals surface area (Å²) < 4.78 is 5.12. The number of anilines is 1. The lowest BCUT2D eigenvalue weighted by atomic mass is 10.1. The van der Waals surface area contributed by atoms with Gasteiger partial charge in [0.1, 0.15) is 5.75 Å². The molecular weight excluding hydrogens is 378 g/mol. The van der Waals surface area contributed by atoms with Crippen LogP contribution in [0.25, 0.3) is 10.9 Å². The molecule has 1 aliphatic heterocycles. The van der Waals surface area contributed by atoms with Gasteiger partial charge < -0.3 is 15.0 Å². The average Bonchev–Trinajstić information content (AvgIpc) is 3.22. The number of halogens is 1. The highest BCUT2D eigenvalue weighted by molar-refractivity contribution is 6.31. The topological polar surface area (TPSA) is 74.4 Å². The number of benzene rings is 2. The molecule has 0 radical (unpaired) electrons. The van der Waals surface area contributed by atoms with E-state index in [1.807, 2.05) is 24.4 Å². The minimum absolute atomic E-state index is 0.157. The van der Waals surface area contributed by atoms with Crippen molar-refractivity contribution in [1.29, 1.82) is 0 Å². The van der Waals surface area contributed by atoms with Crippen LogP contribution in [0.3, 0.4) is 0 Å². The molecule has 0 aliphatic carbocycles. The molecule has 28 heavy (non-hydrogen) atoms. The number of rotatable bonds is 6. The van der Waals surface area contributed by atoms with Gasteiger partial charge in [-0.2, -0.15) is 0 Å². The highest BCUT2D eigenvalue weighted by atomic mass is 35.5. The standard InChI is InChI=1S/C21H20ClN3O3/c1-28-16-5-3-15(4-6-16)25-20(26)11-19(21(25)27)23-9-8-13-12-24-18-7-2-14(22)10-17(13)18/h2-7,10,12,19,23-24H,8-9,11H2,1H3. The highest BCUT2D eigenvalue weighted by Gasteiger charge is 2.39. The van der Waals surface area contributed by atoms with Crippen molar-refractivity contribution < 1.29 is 14.3 Å². The fourth-order valence-corrected chi connectivity index (χ4v) is 3.70. The molecule has 0 bridgehead atoms. The molecular formula is C21H20ClN3O3. The van der Waals surface area contributed by atoms with Gasteiger partial charge in [0.25, 0.3) is 5.91 Å². The van der Waals surface area contributed by atoms with Crippen molar-refractivity contribution >= 4 is 40.0 Å². The second-order valence-corrected chi connectivity index (χ2v) is 7.17. The molecule has 1 aromatic heterocycles. The third-order valence-corrected chi connectivity index (χ3v) is 5.23. The van der Waals surface area contributed by atoms with Crippen LogP contribution in [-0.4, -0.2) is 36.5 Å². The van der Waals surface area contributed by atoms with E-state index in [1.165, 1.54) is 4.90 Å². The van der Waals surface area contributed by atoms with E-state index in [-0.39, 0.29) is 18.2 Å². The fraction of sp³-hybridized carbons (Fsp3) is 0.238. The Labute approximate surface area is 167 Å². The zero-order valence-corrected chi connectivity index (χ0v) is 16.1. The van der Waals surface area contributed by atoms with Gasteiger partial charge in [-0.1, -0.05) is 11.6 Å². The van der Waals surface area contributed by atoms with E-state index in [0.29, 0.717) is 23.0 Å². The van der Waals surface area contributed by atoms with E-state index < -0.39 is 6.04 Å². The van der Waals surface area contributed by atoms with E-state index in [4.69, 9.17) is 16.3 Å². The minimum atomic E-state index is -0.511. The molecule has 1 fully saturated rings. The first-order chi connectivity index (χ1) is 13.6. The maximum atomic E-state index is 12.7. The van der Waals surface area contributed by atoms with Crippen LogP contribution < -0.4 is 15.0 Å². The van der Waals surface area contributed by atoms with Gasteiger partial charge in [-0.25, -0.2) is 4.90 Å². The van der Waals surface area contributed by atoms with E-state index in [1.54, 1.807) is 31.4 Å². The summed E-state index contributed by atoms with van der Waals surface area (Å²) in [4.78, 5) is 29.5. The van der Waals surface area contributed by atoms with Gasteiger partial charge in [0.2, 0.25) is 5.91 Å². The predicted octanol–water partition coefficient (Wildman–Crippen LogP) is 3.29. The molecule has 6 nitrogen and oxygen atoms in total. The van der Waals surface area contributed by atoms with Crippen molar-refractivity contribution in [2.24, 2.45) is 0 Å². The van der Waals surface area contributed by atoms with Crippen LogP contribution in [0.2, 0.25) is 5.02 Å². The van der Waals surface area contributed by atoms with Gasteiger partial charge >= 0.3 is 0 Å². The Morgan fingerprint density at radius 1 is 1.21 bits per heavy atom. The molecule has 2 amide bonds. The third-order valence-electron chi connectivity index (χ3n) is 4.99. The zero-order chi connectivity index (χ0) is 19.7. The van der Waals surface area contributed by atoms with Crippen LogP contribution in [0.1, 0.15) is 12.0 Å². The molecule has 7 heteroatoms. The van der Waals surface area contributed by atoms with Gasteiger partial charge in [-0.15, -0.1) is 0 Å². The van der Waals surface area contributed by atoms with Gasteiger partial charge in [-0.05, 0) is 54.4 Å². The number of aromatic nitrogens is 1. The Morgan fingerprint density at radius 3 is 2.75 bits per heavy atom. The number of H-pyrrole nitrogens is 1. The minimum Gasteiger partial charge on any atom is -0.497 e. The summed E-state index contributed by atoms with van der Waals surface area (Å²) in [6.45, 7) is 0.583. The first kappa shape index (κ1) is 18.5. The van der Waals surface area contributed by atoms with Crippen LogP contribution in [0, 0.1) is 0 Å². The Balaban J connectivity index is 1.40. The molecule has 1 aliphatic rings. The van der Waals surface area contributed by atoms with Crippen molar-refractivity contribution in [3.05, 3.63) is 59.2 Å². The first-order valence-corrected chi connectivity index (χ1v) is 9.44. The fourth-order valence-electron chi connectivity index (χ4n) is 3.53. The van der Waals surface area contributed by atoms with Crippen LogP contribution in [0.4, 0.5) is 5.69 Å². The second-order valence-electron chi connectivity index (χ2n) is 6.73. The molecule has 4 rings (SSSR count). The number of ether oxygens (including phenoxy) is 1. The molecule has 144 valence electrons. The number of methoxy groups -OCH3 is 1. The van der Waals surface area contributed by atoms with E-state index in [9.17, 15) is 9.59 Å². The molecule has 0 saturated carbocycles.